The number of rotatable bonds is 6. The van der Waals surface area contributed by atoms with Crippen molar-refractivity contribution in [3.8, 4) is 0 Å². The number of amides is 1. The Morgan fingerprint density at radius 2 is 2.21 bits per heavy atom. The van der Waals surface area contributed by atoms with Crippen molar-refractivity contribution in [3.05, 3.63) is 29.1 Å². The van der Waals surface area contributed by atoms with Gasteiger partial charge < -0.3 is 5.32 Å². The van der Waals surface area contributed by atoms with Crippen molar-refractivity contribution in [1.29, 1.82) is 0 Å². The summed E-state index contributed by atoms with van der Waals surface area (Å²) in [6.07, 6.45) is 2.83. The molecule has 1 rings (SSSR count). The number of carbonyl (C=O) groups excluding carboxylic acids is 1. The van der Waals surface area contributed by atoms with Gasteiger partial charge in [0.15, 0.2) is 0 Å². The second-order valence-electron chi connectivity index (χ2n) is 5.22. The molecular formula is C15H25N3O. The molecule has 0 fully saturated rings. The normalized spacial score (nSPS) is 13.4. The van der Waals surface area contributed by atoms with E-state index in [1.54, 1.807) is 0 Å². The van der Waals surface area contributed by atoms with E-state index in [1.807, 2.05) is 31.5 Å². The van der Waals surface area contributed by atoms with Crippen molar-refractivity contribution in [2.45, 2.75) is 47.6 Å². The van der Waals surface area contributed by atoms with Gasteiger partial charge >= 0.3 is 0 Å². The minimum Gasteiger partial charge on any atom is -0.352 e. The van der Waals surface area contributed by atoms with E-state index < -0.39 is 0 Å². The predicted octanol–water partition coefficient (Wildman–Crippen LogP) is 2.61. The molecule has 1 atom stereocenters. The number of hydrogen-bond donors (Lipinski definition) is 1. The van der Waals surface area contributed by atoms with E-state index in [2.05, 4.69) is 30.3 Å². The Hall–Kier alpha value is -1.58. The quantitative estimate of drug-likeness (QED) is 0.802. The fraction of sp³-hybridized carbons (Fsp3) is 0.600. The topological polar surface area (TPSA) is 46.9 Å². The van der Waals surface area contributed by atoms with E-state index in [9.17, 15) is 4.79 Å². The van der Waals surface area contributed by atoms with Crippen LogP contribution in [0, 0.1) is 19.8 Å². The predicted molar refractivity (Wildman–Crippen MR) is 77.9 cm³/mol. The molecular weight excluding hydrogens is 238 g/mol. The first-order valence-corrected chi connectivity index (χ1v) is 6.90. The summed E-state index contributed by atoms with van der Waals surface area (Å²) in [4.78, 5) is 11.8. The summed E-state index contributed by atoms with van der Waals surface area (Å²) in [5.41, 5.74) is 2.99. The van der Waals surface area contributed by atoms with Crippen molar-refractivity contribution < 1.29 is 4.79 Å². The van der Waals surface area contributed by atoms with Crippen LogP contribution in [-0.2, 0) is 11.3 Å². The highest BCUT2D eigenvalue weighted by Crippen LogP contribution is 2.06. The smallest absolute Gasteiger partial charge is 0.246 e. The Kier molecular flexibility index (Phi) is 5.80. The molecule has 0 spiro atoms. The van der Waals surface area contributed by atoms with Gasteiger partial charge in [-0.1, -0.05) is 19.9 Å². The SMILES string of the molecule is CC/C=C(\C)C(=O)NC[C@@H](C)Cn1nc(C)cc1C. The molecule has 19 heavy (non-hydrogen) atoms. The second-order valence-corrected chi connectivity index (χ2v) is 5.22. The Morgan fingerprint density at radius 1 is 1.53 bits per heavy atom. The van der Waals surface area contributed by atoms with Crippen LogP contribution >= 0.6 is 0 Å². The van der Waals surface area contributed by atoms with Gasteiger partial charge in [0, 0.05) is 24.4 Å². The molecule has 0 bridgehead atoms. The summed E-state index contributed by atoms with van der Waals surface area (Å²) in [6.45, 7) is 11.6. The first kappa shape index (κ1) is 15.5. The molecule has 0 radical (unpaired) electrons. The van der Waals surface area contributed by atoms with Crippen LogP contribution in [0.15, 0.2) is 17.7 Å². The number of aromatic nitrogens is 2. The van der Waals surface area contributed by atoms with Gasteiger partial charge in [0.25, 0.3) is 0 Å². The molecule has 1 aromatic rings. The largest absolute Gasteiger partial charge is 0.352 e. The number of nitrogens with one attached hydrogen (secondary N) is 1. The van der Waals surface area contributed by atoms with Gasteiger partial charge in [-0.3, -0.25) is 9.48 Å². The zero-order valence-corrected chi connectivity index (χ0v) is 12.7. The fourth-order valence-electron chi connectivity index (χ4n) is 2.02. The summed E-state index contributed by atoms with van der Waals surface area (Å²) in [7, 11) is 0. The van der Waals surface area contributed by atoms with E-state index in [4.69, 9.17) is 0 Å². The number of hydrogen-bond acceptors (Lipinski definition) is 2. The third-order valence-corrected chi connectivity index (χ3v) is 3.07. The molecule has 0 unspecified atom stereocenters. The average molecular weight is 263 g/mol. The van der Waals surface area contributed by atoms with E-state index in [1.165, 1.54) is 0 Å². The van der Waals surface area contributed by atoms with Gasteiger partial charge in [-0.2, -0.15) is 5.10 Å². The molecule has 1 aromatic heterocycles. The molecule has 4 nitrogen and oxygen atoms in total. The monoisotopic (exact) mass is 263 g/mol. The molecule has 0 aliphatic heterocycles. The zero-order valence-electron chi connectivity index (χ0n) is 12.7. The first-order valence-electron chi connectivity index (χ1n) is 6.90. The molecule has 1 amide bonds. The van der Waals surface area contributed by atoms with Gasteiger partial charge in [0.1, 0.15) is 0 Å². The van der Waals surface area contributed by atoms with Gasteiger partial charge in [-0.05, 0) is 39.2 Å². The molecule has 106 valence electrons. The van der Waals surface area contributed by atoms with E-state index >= 15 is 0 Å². The summed E-state index contributed by atoms with van der Waals surface area (Å²) < 4.78 is 2.00. The summed E-state index contributed by atoms with van der Waals surface area (Å²) in [5, 5.41) is 7.40. The van der Waals surface area contributed by atoms with Crippen molar-refractivity contribution in [2.24, 2.45) is 5.92 Å². The van der Waals surface area contributed by atoms with Crippen molar-refractivity contribution in [3.63, 3.8) is 0 Å². The van der Waals surface area contributed by atoms with Gasteiger partial charge in [0.05, 0.1) is 5.69 Å². The lowest BCUT2D eigenvalue weighted by Crippen LogP contribution is -2.30. The molecule has 0 aliphatic carbocycles. The van der Waals surface area contributed by atoms with Crippen LogP contribution in [0.4, 0.5) is 0 Å². The highest BCUT2D eigenvalue weighted by atomic mass is 16.1. The van der Waals surface area contributed by atoms with Crippen molar-refractivity contribution in [1.82, 2.24) is 15.1 Å². The lowest BCUT2D eigenvalue weighted by molar-refractivity contribution is -0.117. The molecule has 0 aromatic carbocycles. The van der Waals surface area contributed by atoms with Crippen LogP contribution < -0.4 is 5.32 Å². The fourth-order valence-corrected chi connectivity index (χ4v) is 2.02. The number of nitrogens with zero attached hydrogens (tertiary/aromatic N) is 2. The van der Waals surface area contributed by atoms with Crippen LogP contribution in [0.1, 0.15) is 38.6 Å². The summed E-state index contributed by atoms with van der Waals surface area (Å²) in [6, 6.07) is 2.07. The Bertz CT molecular complexity index is 460. The maximum Gasteiger partial charge on any atom is 0.246 e. The summed E-state index contributed by atoms with van der Waals surface area (Å²) in [5.74, 6) is 0.387. The maximum atomic E-state index is 11.8. The maximum absolute atomic E-state index is 11.8. The number of aryl methyl sites for hydroxylation is 2. The van der Waals surface area contributed by atoms with Crippen LogP contribution in [0.2, 0.25) is 0 Å². The van der Waals surface area contributed by atoms with Gasteiger partial charge in [-0.25, -0.2) is 0 Å². The Labute approximate surface area is 115 Å². The third-order valence-electron chi connectivity index (χ3n) is 3.07. The van der Waals surface area contributed by atoms with Gasteiger partial charge in [-0.15, -0.1) is 0 Å². The average Bonchev–Trinajstić information content (AvgIpc) is 2.65. The van der Waals surface area contributed by atoms with Crippen LogP contribution in [0.5, 0.6) is 0 Å². The van der Waals surface area contributed by atoms with Crippen LogP contribution in [0.3, 0.4) is 0 Å². The summed E-state index contributed by atoms with van der Waals surface area (Å²) >= 11 is 0. The second kappa shape index (κ2) is 7.12. The number of allylic oxidation sites excluding steroid dienone is 1. The molecule has 0 aliphatic rings. The lowest BCUT2D eigenvalue weighted by Gasteiger charge is -2.14. The van der Waals surface area contributed by atoms with E-state index in [-0.39, 0.29) is 5.91 Å². The minimum atomic E-state index is 0.0297. The van der Waals surface area contributed by atoms with Crippen LogP contribution in [-0.4, -0.2) is 22.2 Å². The van der Waals surface area contributed by atoms with Gasteiger partial charge in [0.2, 0.25) is 5.91 Å². The number of carbonyl (C=O) groups is 1. The highest BCUT2D eigenvalue weighted by Gasteiger charge is 2.09. The molecule has 1 N–H and O–H groups in total. The molecule has 0 saturated carbocycles. The van der Waals surface area contributed by atoms with E-state index in [0.717, 1.165) is 29.9 Å². The first-order chi connectivity index (χ1) is 8.93. The Morgan fingerprint density at radius 3 is 2.74 bits per heavy atom. The highest BCUT2D eigenvalue weighted by molar-refractivity contribution is 5.92. The molecule has 4 heteroatoms. The zero-order chi connectivity index (χ0) is 14.4. The van der Waals surface area contributed by atoms with Crippen molar-refractivity contribution in [2.75, 3.05) is 6.54 Å². The minimum absolute atomic E-state index is 0.0297. The molecule has 1 heterocycles. The van der Waals surface area contributed by atoms with Crippen LogP contribution in [0.25, 0.3) is 0 Å². The lowest BCUT2D eigenvalue weighted by atomic mass is 10.1. The van der Waals surface area contributed by atoms with Crippen molar-refractivity contribution >= 4 is 5.91 Å². The Balaban J connectivity index is 2.44. The third kappa shape index (κ3) is 4.89. The standard InChI is InChI=1S/C15H25N3O/c1-6-7-12(3)15(19)16-9-11(2)10-18-14(5)8-13(4)17-18/h7-8,11H,6,9-10H2,1-5H3,(H,16,19)/b12-7+/t11-/m1/s1. The molecule has 0 saturated heterocycles. The van der Waals surface area contributed by atoms with E-state index in [0.29, 0.717) is 12.5 Å².